The van der Waals surface area contributed by atoms with Gasteiger partial charge in [-0.1, -0.05) is 66.2 Å². The number of carbonyl (C=O) groups is 1. The minimum atomic E-state index is -1.10. The third-order valence-corrected chi connectivity index (χ3v) is 7.51. The minimum absolute atomic E-state index is 0.126. The minimum Gasteiger partial charge on any atom is -0.482 e. The Kier molecular flexibility index (Phi) is 8.72. The lowest BCUT2D eigenvalue weighted by molar-refractivity contribution is -0.139. The molecule has 0 saturated carbocycles. The molecule has 1 aliphatic heterocycles. The van der Waals surface area contributed by atoms with Crippen LogP contribution in [0, 0.1) is 11.7 Å². The van der Waals surface area contributed by atoms with Crippen LogP contribution in [0.5, 0.6) is 17.2 Å². The van der Waals surface area contributed by atoms with Gasteiger partial charge in [-0.05, 0) is 79.1 Å². The maximum Gasteiger partial charge on any atom is 0.341 e. The van der Waals surface area contributed by atoms with Crippen molar-refractivity contribution in [2.45, 2.75) is 31.5 Å². The number of aliphatic carboxylic acids is 1. The molecule has 1 fully saturated rings. The van der Waals surface area contributed by atoms with Crippen LogP contribution >= 0.6 is 11.6 Å². The number of hydrogen-bond donors (Lipinski definition) is 1. The van der Waals surface area contributed by atoms with Crippen LogP contribution < -0.4 is 9.47 Å². The number of para-hydroxylation sites is 1. The number of carboxylic acids is 1. The Morgan fingerprint density at radius 3 is 2.39 bits per heavy atom. The highest BCUT2D eigenvalue weighted by molar-refractivity contribution is 6.30. The zero-order chi connectivity index (χ0) is 28.9. The Labute approximate surface area is 243 Å². The van der Waals surface area contributed by atoms with Crippen LogP contribution in [-0.2, 0) is 9.53 Å². The molecule has 0 aromatic heterocycles. The monoisotopic (exact) mass is 572 g/mol. The molecule has 4 aromatic carbocycles. The van der Waals surface area contributed by atoms with Crippen LogP contribution in [0.25, 0.3) is 0 Å². The van der Waals surface area contributed by atoms with Crippen molar-refractivity contribution in [2.75, 3.05) is 6.61 Å². The molecule has 0 amide bonds. The summed E-state index contributed by atoms with van der Waals surface area (Å²) in [5.74, 6) is -0.185. The fourth-order valence-electron chi connectivity index (χ4n) is 5.34. The van der Waals surface area contributed by atoms with E-state index in [9.17, 15) is 14.3 Å². The molecule has 1 saturated heterocycles. The lowest BCUT2D eigenvalue weighted by Gasteiger charge is -2.43. The van der Waals surface area contributed by atoms with Crippen molar-refractivity contribution < 1.29 is 28.5 Å². The zero-order valence-corrected chi connectivity index (χ0v) is 23.3. The van der Waals surface area contributed by atoms with Gasteiger partial charge in [-0.15, -0.1) is 0 Å². The maximum absolute atomic E-state index is 14.5. The van der Waals surface area contributed by atoms with E-state index in [1.54, 1.807) is 18.2 Å². The SMILES string of the molecule is C=C(C)[C@H]1C[C@H](c2ccc(Cl)cc2)[C@H](c2cccc(F)c2)O[C@@H]1c1cc(Oc2ccccc2)ccc1OCC(=O)O. The Hall–Kier alpha value is -4.13. The molecule has 0 bridgehead atoms. The number of carboxylic acid groups (broad SMARTS) is 1. The van der Waals surface area contributed by atoms with Crippen molar-refractivity contribution in [1.29, 1.82) is 0 Å². The van der Waals surface area contributed by atoms with Crippen molar-refractivity contribution in [2.24, 2.45) is 5.92 Å². The first-order chi connectivity index (χ1) is 19.8. The van der Waals surface area contributed by atoms with Crippen LogP contribution in [0.4, 0.5) is 4.39 Å². The molecule has 41 heavy (non-hydrogen) atoms. The summed E-state index contributed by atoms with van der Waals surface area (Å²) in [4.78, 5) is 11.4. The van der Waals surface area contributed by atoms with E-state index in [1.165, 1.54) is 12.1 Å². The second-order valence-electron chi connectivity index (χ2n) is 10.2. The molecule has 1 N–H and O–H groups in total. The van der Waals surface area contributed by atoms with Gasteiger partial charge in [0.1, 0.15) is 23.1 Å². The second-order valence-corrected chi connectivity index (χ2v) is 10.6. The first-order valence-electron chi connectivity index (χ1n) is 13.3. The number of ether oxygens (including phenoxy) is 3. The van der Waals surface area contributed by atoms with Gasteiger partial charge in [0.25, 0.3) is 0 Å². The first-order valence-corrected chi connectivity index (χ1v) is 13.7. The predicted molar refractivity (Wildman–Crippen MR) is 156 cm³/mol. The van der Waals surface area contributed by atoms with E-state index < -0.39 is 24.8 Å². The Morgan fingerprint density at radius 2 is 1.71 bits per heavy atom. The van der Waals surface area contributed by atoms with E-state index in [4.69, 9.17) is 25.8 Å². The third-order valence-electron chi connectivity index (χ3n) is 7.26. The zero-order valence-electron chi connectivity index (χ0n) is 22.5. The first kappa shape index (κ1) is 28.4. The standard InChI is InChI=1S/C34H30ClFO5/c1-21(2)28-19-29(22-11-13-24(35)14-12-22)33(23-7-6-8-25(36)17-23)41-34(28)30-18-27(40-26-9-4-3-5-10-26)15-16-31(30)39-20-32(37)38/h3-18,28-29,33-34H,1,19-20H2,2H3,(H,37,38)/t28-,29-,33+,34+/m1/s1. The molecule has 210 valence electrons. The summed E-state index contributed by atoms with van der Waals surface area (Å²) in [6, 6.07) is 28.6. The highest BCUT2D eigenvalue weighted by Crippen LogP contribution is 2.53. The van der Waals surface area contributed by atoms with Gasteiger partial charge in [0.05, 0.1) is 12.2 Å². The molecule has 0 aliphatic carbocycles. The van der Waals surface area contributed by atoms with Gasteiger partial charge in [0, 0.05) is 22.4 Å². The quantitative estimate of drug-likeness (QED) is 0.203. The average Bonchev–Trinajstić information content (AvgIpc) is 2.96. The molecule has 0 unspecified atom stereocenters. The summed E-state index contributed by atoms with van der Waals surface area (Å²) in [5.41, 5.74) is 3.23. The highest BCUT2D eigenvalue weighted by atomic mass is 35.5. The van der Waals surface area contributed by atoms with Crippen molar-refractivity contribution in [3.63, 3.8) is 0 Å². The van der Waals surface area contributed by atoms with Crippen LogP contribution in [0.15, 0.2) is 109 Å². The molecule has 0 radical (unpaired) electrons. The fraction of sp³-hybridized carbons (Fsp3) is 0.206. The number of hydrogen-bond acceptors (Lipinski definition) is 4. The summed E-state index contributed by atoms with van der Waals surface area (Å²) >= 11 is 6.19. The molecule has 5 nitrogen and oxygen atoms in total. The average molecular weight is 573 g/mol. The van der Waals surface area contributed by atoms with Gasteiger partial charge in [0.2, 0.25) is 0 Å². The smallest absolute Gasteiger partial charge is 0.341 e. The molecule has 1 heterocycles. The molecule has 7 heteroatoms. The predicted octanol–water partition coefficient (Wildman–Crippen LogP) is 8.91. The number of rotatable bonds is 9. The van der Waals surface area contributed by atoms with Gasteiger partial charge >= 0.3 is 5.97 Å². The Balaban J connectivity index is 1.60. The van der Waals surface area contributed by atoms with Crippen LogP contribution in [0.1, 0.15) is 48.2 Å². The van der Waals surface area contributed by atoms with E-state index >= 15 is 0 Å². The molecular weight excluding hydrogens is 543 g/mol. The van der Waals surface area contributed by atoms with Gasteiger partial charge in [-0.25, -0.2) is 9.18 Å². The van der Waals surface area contributed by atoms with Crippen molar-refractivity contribution >= 4 is 17.6 Å². The number of benzene rings is 4. The molecule has 5 rings (SSSR count). The normalized spacial score (nSPS) is 20.3. The van der Waals surface area contributed by atoms with E-state index in [0.29, 0.717) is 39.8 Å². The number of halogens is 2. The summed E-state index contributed by atoms with van der Waals surface area (Å²) in [6.45, 7) is 5.71. The lowest BCUT2D eigenvalue weighted by Crippen LogP contribution is -2.32. The summed E-state index contributed by atoms with van der Waals surface area (Å²) in [5, 5.41) is 9.95. The topological polar surface area (TPSA) is 65.0 Å². The van der Waals surface area contributed by atoms with E-state index in [-0.39, 0.29) is 17.7 Å². The van der Waals surface area contributed by atoms with E-state index in [2.05, 4.69) is 6.58 Å². The molecule has 4 aromatic rings. The second kappa shape index (κ2) is 12.6. The third kappa shape index (κ3) is 6.79. The lowest BCUT2D eigenvalue weighted by atomic mass is 9.74. The van der Waals surface area contributed by atoms with Crippen molar-refractivity contribution in [1.82, 2.24) is 0 Å². The molecule has 4 atom stereocenters. The molecule has 1 aliphatic rings. The van der Waals surface area contributed by atoms with Crippen LogP contribution in [-0.4, -0.2) is 17.7 Å². The molecular formula is C34H30ClFO5. The van der Waals surface area contributed by atoms with Gasteiger partial charge in [0.15, 0.2) is 6.61 Å². The Bertz CT molecular complexity index is 1520. The Morgan fingerprint density at radius 1 is 0.951 bits per heavy atom. The van der Waals surface area contributed by atoms with Crippen LogP contribution in [0.3, 0.4) is 0 Å². The van der Waals surface area contributed by atoms with Gasteiger partial charge in [-0.3, -0.25) is 0 Å². The van der Waals surface area contributed by atoms with E-state index in [0.717, 1.165) is 11.1 Å². The van der Waals surface area contributed by atoms with Crippen LogP contribution in [0.2, 0.25) is 5.02 Å². The summed E-state index contributed by atoms with van der Waals surface area (Å²) < 4.78 is 33.2. The fourth-order valence-corrected chi connectivity index (χ4v) is 5.47. The maximum atomic E-state index is 14.5. The van der Waals surface area contributed by atoms with Gasteiger partial charge in [-0.2, -0.15) is 0 Å². The molecule has 0 spiro atoms. The summed E-state index contributed by atoms with van der Waals surface area (Å²) in [7, 11) is 0. The van der Waals surface area contributed by atoms with E-state index in [1.807, 2.05) is 73.7 Å². The highest BCUT2D eigenvalue weighted by Gasteiger charge is 2.42. The van der Waals surface area contributed by atoms with Crippen molar-refractivity contribution in [3.05, 3.63) is 137 Å². The summed E-state index contributed by atoms with van der Waals surface area (Å²) in [6.07, 6.45) is -0.448. The largest absolute Gasteiger partial charge is 0.482 e. The van der Waals surface area contributed by atoms with Gasteiger partial charge < -0.3 is 19.3 Å². The van der Waals surface area contributed by atoms with Crippen molar-refractivity contribution in [3.8, 4) is 17.2 Å².